The molecule has 0 aromatic rings. The summed E-state index contributed by atoms with van der Waals surface area (Å²) in [5.74, 6) is 0. The van der Waals surface area contributed by atoms with Gasteiger partial charge in [0.1, 0.15) is 0 Å². The molecular weight excluding hydrogens is 154 g/mol. The van der Waals surface area contributed by atoms with E-state index in [2.05, 4.69) is 39.2 Å². The molecule has 62 valence electrons. The lowest BCUT2D eigenvalue weighted by molar-refractivity contribution is 0.216. The van der Waals surface area contributed by atoms with Gasteiger partial charge in [-0.05, 0) is 26.8 Å². The summed E-state index contributed by atoms with van der Waals surface area (Å²) in [6, 6.07) is 0.754. The Hall–Kier alpha value is 0.394. The molecule has 0 fully saturated rings. The Morgan fingerprint density at radius 2 is 1.70 bits per heavy atom. The predicted octanol–water partition coefficient (Wildman–Crippen LogP) is -0.141. The normalized spacial score (nSPS) is 14.7. The summed E-state index contributed by atoms with van der Waals surface area (Å²) in [5, 5.41) is 0. The zero-order chi connectivity index (χ0) is 8.36. The Balaban J connectivity index is 4.07. The fourth-order valence-corrected chi connectivity index (χ4v) is 8.33. The van der Waals surface area contributed by atoms with E-state index in [1.165, 1.54) is 9.76 Å². The van der Waals surface area contributed by atoms with E-state index in [-0.39, 0.29) is 9.20 Å². The molecule has 0 rings (SSSR count). The summed E-state index contributed by atoms with van der Waals surface area (Å²) in [5.41, 5.74) is 0.419. The average molecular weight is 175 g/mol. The van der Waals surface area contributed by atoms with E-state index in [0.717, 1.165) is 6.04 Å². The summed E-state index contributed by atoms with van der Waals surface area (Å²) in [6.45, 7) is 11.6. The third-order valence-electron chi connectivity index (χ3n) is 1.83. The lowest BCUT2D eigenvalue weighted by atomic mass is 10.1. The van der Waals surface area contributed by atoms with Crippen molar-refractivity contribution in [3.63, 3.8) is 0 Å². The molecule has 0 amide bonds. The van der Waals surface area contributed by atoms with E-state index >= 15 is 0 Å². The zero-order valence-electron chi connectivity index (χ0n) is 8.23. The smallest absolute Gasteiger partial charge is 0.0765 e. The standard InChI is InChI=1S/C7H21NSi2/c1-6(2)8(10-9)7(3,4)5/h6H,10H2,1-5,9H3. The van der Waals surface area contributed by atoms with E-state index in [1.807, 2.05) is 0 Å². The molecule has 0 aliphatic rings. The van der Waals surface area contributed by atoms with Gasteiger partial charge in [-0.15, -0.1) is 0 Å². The van der Waals surface area contributed by atoms with Crippen LogP contribution in [0, 0.1) is 0 Å². The monoisotopic (exact) mass is 175 g/mol. The maximum absolute atomic E-state index is 2.68. The fourth-order valence-electron chi connectivity index (χ4n) is 1.61. The quantitative estimate of drug-likeness (QED) is 0.528. The molecule has 0 bridgehead atoms. The molecule has 1 nitrogen and oxygen atoms in total. The molecule has 10 heavy (non-hydrogen) atoms. The average Bonchev–Trinajstić information content (AvgIpc) is 1.60. The van der Waals surface area contributed by atoms with Crippen molar-refractivity contribution in [3.05, 3.63) is 0 Å². The van der Waals surface area contributed by atoms with Gasteiger partial charge in [0, 0.05) is 15.3 Å². The van der Waals surface area contributed by atoms with Gasteiger partial charge in [-0.25, -0.2) is 0 Å². The Morgan fingerprint density at radius 3 is 1.70 bits per heavy atom. The van der Waals surface area contributed by atoms with Crippen LogP contribution in [0.5, 0.6) is 0 Å². The predicted molar refractivity (Wildman–Crippen MR) is 55.2 cm³/mol. The minimum Gasteiger partial charge on any atom is -0.326 e. The molecule has 0 aromatic carbocycles. The van der Waals surface area contributed by atoms with Crippen LogP contribution in [0.1, 0.15) is 34.6 Å². The van der Waals surface area contributed by atoms with Gasteiger partial charge in [0.15, 0.2) is 0 Å². The van der Waals surface area contributed by atoms with E-state index in [9.17, 15) is 0 Å². The number of hydrogen-bond donors (Lipinski definition) is 0. The second-order valence-electron chi connectivity index (χ2n) is 4.05. The van der Waals surface area contributed by atoms with Gasteiger partial charge in [0.05, 0.1) is 9.20 Å². The van der Waals surface area contributed by atoms with Gasteiger partial charge in [-0.2, -0.15) is 0 Å². The van der Waals surface area contributed by atoms with Crippen molar-refractivity contribution in [2.24, 2.45) is 0 Å². The second kappa shape index (κ2) is 3.69. The van der Waals surface area contributed by atoms with Gasteiger partial charge in [-0.3, -0.25) is 0 Å². The highest BCUT2D eigenvalue weighted by Gasteiger charge is 2.20. The van der Waals surface area contributed by atoms with Crippen LogP contribution < -0.4 is 0 Å². The zero-order valence-corrected chi connectivity index (χ0v) is 11.6. The summed E-state index contributed by atoms with van der Waals surface area (Å²) < 4.78 is 2.68. The van der Waals surface area contributed by atoms with Crippen molar-refractivity contribution in [3.8, 4) is 0 Å². The van der Waals surface area contributed by atoms with E-state index in [1.54, 1.807) is 0 Å². The lowest BCUT2D eigenvalue weighted by Crippen LogP contribution is -2.48. The molecule has 0 saturated heterocycles. The minimum atomic E-state index is 0.149. The first-order chi connectivity index (χ1) is 4.39. The Bertz CT molecular complexity index is 96.3. The number of nitrogens with zero attached hydrogens (tertiary/aromatic N) is 1. The van der Waals surface area contributed by atoms with Crippen molar-refractivity contribution in [2.45, 2.75) is 46.2 Å². The van der Waals surface area contributed by atoms with Crippen LogP contribution in [0.4, 0.5) is 0 Å². The second-order valence-corrected chi connectivity index (χ2v) is 7.26. The summed E-state index contributed by atoms with van der Waals surface area (Å²) in [6.07, 6.45) is 0. The first-order valence-corrected chi connectivity index (χ1v) is 10.4. The SMILES string of the molecule is CC(C)N([SiH2][SiH3])C(C)(C)C. The van der Waals surface area contributed by atoms with Crippen LogP contribution in [-0.2, 0) is 0 Å². The van der Waals surface area contributed by atoms with Gasteiger partial charge in [0.2, 0.25) is 0 Å². The Labute approximate surface area is 70.3 Å². The summed E-state index contributed by atoms with van der Waals surface area (Å²) in [7, 11) is 1.56. The van der Waals surface area contributed by atoms with Crippen LogP contribution in [0.25, 0.3) is 0 Å². The van der Waals surface area contributed by atoms with Crippen molar-refractivity contribution in [2.75, 3.05) is 0 Å². The molecule has 0 saturated carbocycles. The highest BCUT2D eigenvalue weighted by molar-refractivity contribution is 6.87. The molecule has 0 spiro atoms. The summed E-state index contributed by atoms with van der Waals surface area (Å²) in [4.78, 5) is 0. The maximum atomic E-state index is 2.68. The first-order valence-electron chi connectivity index (χ1n) is 4.16. The first kappa shape index (κ1) is 10.4. The number of hydrogen-bond acceptors (Lipinski definition) is 1. The third-order valence-corrected chi connectivity index (χ3v) is 6.23. The molecule has 3 heteroatoms. The van der Waals surface area contributed by atoms with Crippen LogP contribution in [-0.4, -0.2) is 35.1 Å². The molecule has 0 radical (unpaired) electrons. The molecular formula is C7H21NSi2. The Kier molecular flexibility index (Phi) is 3.83. The van der Waals surface area contributed by atoms with Crippen molar-refractivity contribution >= 4 is 19.0 Å². The van der Waals surface area contributed by atoms with E-state index < -0.39 is 0 Å². The Morgan fingerprint density at radius 1 is 1.30 bits per heavy atom. The van der Waals surface area contributed by atoms with Crippen LogP contribution >= 0.6 is 0 Å². The van der Waals surface area contributed by atoms with Gasteiger partial charge in [0.25, 0.3) is 0 Å². The van der Waals surface area contributed by atoms with Crippen LogP contribution in [0.2, 0.25) is 0 Å². The van der Waals surface area contributed by atoms with Crippen molar-refractivity contribution in [1.29, 1.82) is 0 Å². The maximum Gasteiger partial charge on any atom is 0.0765 e. The minimum absolute atomic E-state index is 0.149. The van der Waals surface area contributed by atoms with Gasteiger partial charge >= 0.3 is 0 Å². The lowest BCUT2D eigenvalue weighted by Gasteiger charge is -2.38. The third kappa shape index (κ3) is 2.99. The van der Waals surface area contributed by atoms with Crippen LogP contribution in [0.3, 0.4) is 0 Å². The topological polar surface area (TPSA) is 3.24 Å². The molecule has 0 N–H and O–H groups in total. The van der Waals surface area contributed by atoms with Gasteiger partial charge < -0.3 is 4.57 Å². The van der Waals surface area contributed by atoms with E-state index in [0.29, 0.717) is 5.54 Å². The largest absolute Gasteiger partial charge is 0.326 e. The molecule has 0 aliphatic heterocycles. The molecule has 0 aromatic heterocycles. The molecule has 0 heterocycles. The molecule has 0 aliphatic carbocycles. The highest BCUT2D eigenvalue weighted by atomic mass is 29.1. The van der Waals surface area contributed by atoms with Crippen molar-refractivity contribution in [1.82, 2.24) is 4.57 Å². The molecule has 0 atom stereocenters. The molecule has 0 unspecified atom stereocenters. The van der Waals surface area contributed by atoms with Crippen LogP contribution in [0.15, 0.2) is 0 Å². The van der Waals surface area contributed by atoms with E-state index in [4.69, 9.17) is 0 Å². The number of rotatable bonds is 2. The fraction of sp³-hybridized carbons (Fsp3) is 1.00. The summed E-state index contributed by atoms with van der Waals surface area (Å²) >= 11 is 0. The van der Waals surface area contributed by atoms with Crippen molar-refractivity contribution < 1.29 is 0 Å². The highest BCUT2D eigenvalue weighted by Crippen LogP contribution is 2.13. The van der Waals surface area contributed by atoms with Gasteiger partial charge in [-0.1, -0.05) is 13.8 Å².